The SMILES string of the molecule is CC(C)(O)C(C)(C)NS(=O)(=O)c1ccc(O)c(N)c1. The molecule has 0 aliphatic carbocycles. The Kier molecular flexibility index (Phi) is 3.86. The number of aliphatic hydroxyl groups is 1. The molecule has 0 saturated heterocycles. The van der Waals surface area contributed by atoms with Gasteiger partial charge in [0.1, 0.15) is 5.75 Å². The van der Waals surface area contributed by atoms with Gasteiger partial charge in [0.15, 0.2) is 0 Å². The van der Waals surface area contributed by atoms with E-state index in [-0.39, 0.29) is 16.3 Å². The molecule has 0 spiro atoms. The van der Waals surface area contributed by atoms with Gasteiger partial charge in [-0.2, -0.15) is 0 Å². The lowest BCUT2D eigenvalue weighted by molar-refractivity contribution is 0.00639. The van der Waals surface area contributed by atoms with Gasteiger partial charge in [-0.15, -0.1) is 0 Å². The molecule has 0 aromatic heterocycles. The molecule has 0 heterocycles. The van der Waals surface area contributed by atoms with E-state index in [4.69, 9.17) is 5.73 Å². The van der Waals surface area contributed by atoms with Crippen LogP contribution in [0.4, 0.5) is 5.69 Å². The summed E-state index contributed by atoms with van der Waals surface area (Å²) in [4.78, 5) is -0.0693. The maximum absolute atomic E-state index is 12.2. The van der Waals surface area contributed by atoms with Gasteiger partial charge in [-0.3, -0.25) is 0 Å². The fourth-order valence-electron chi connectivity index (χ4n) is 1.22. The average Bonchev–Trinajstić information content (AvgIpc) is 2.18. The molecule has 7 heteroatoms. The molecule has 1 aromatic carbocycles. The van der Waals surface area contributed by atoms with Crippen LogP contribution in [0.3, 0.4) is 0 Å². The van der Waals surface area contributed by atoms with E-state index in [1.807, 2.05) is 0 Å². The molecular weight excluding hydrogens is 268 g/mol. The minimum atomic E-state index is -3.84. The summed E-state index contributed by atoms with van der Waals surface area (Å²) in [6.45, 7) is 6.18. The Morgan fingerprint density at radius 1 is 1.21 bits per heavy atom. The Bertz CT molecular complexity index is 574. The smallest absolute Gasteiger partial charge is 0.241 e. The number of phenols is 1. The Morgan fingerprint density at radius 2 is 1.74 bits per heavy atom. The van der Waals surface area contributed by atoms with Crippen LogP contribution in [0.5, 0.6) is 5.75 Å². The monoisotopic (exact) mass is 288 g/mol. The molecule has 0 aliphatic heterocycles. The number of nitrogens with two attached hydrogens (primary N) is 1. The van der Waals surface area contributed by atoms with E-state index in [0.29, 0.717) is 0 Å². The lowest BCUT2D eigenvalue weighted by Gasteiger charge is -2.37. The zero-order valence-corrected chi connectivity index (χ0v) is 12.2. The molecule has 0 unspecified atom stereocenters. The third-order valence-corrected chi connectivity index (χ3v) is 4.88. The van der Waals surface area contributed by atoms with Crippen LogP contribution in [0, 0.1) is 0 Å². The summed E-state index contributed by atoms with van der Waals surface area (Å²) in [5.74, 6) is -0.180. The van der Waals surface area contributed by atoms with Crippen LogP contribution in [-0.4, -0.2) is 29.8 Å². The zero-order valence-electron chi connectivity index (χ0n) is 11.4. The largest absolute Gasteiger partial charge is 0.506 e. The van der Waals surface area contributed by atoms with Crippen molar-refractivity contribution >= 4 is 15.7 Å². The van der Waals surface area contributed by atoms with E-state index in [0.717, 1.165) is 6.07 Å². The van der Waals surface area contributed by atoms with Gasteiger partial charge in [-0.05, 0) is 45.9 Å². The number of rotatable bonds is 4. The maximum Gasteiger partial charge on any atom is 0.241 e. The van der Waals surface area contributed by atoms with E-state index >= 15 is 0 Å². The van der Waals surface area contributed by atoms with Gasteiger partial charge >= 0.3 is 0 Å². The van der Waals surface area contributed by atoms with Crippen molar-refractivity contribution in [2.24, 2.45) is 0 Å². The summed E-state index contributed by atoms with van der Waals surface area (Å²) < 4.78 is 26.8. The van der Waals surface area contributed by atoms with E-state index in [1.54, 1.807) is 13.8 Å². The van der Waals surface area contributed by atoms with Crippen molar-refractivity contribution in [2.45, 2.75) is 43.7 Å². The number of sulfonamides is 1. The molecule has 108 valence electrons. The summed E-state index contributed by atoms with van der Waals surface area (Å²) >= 11 is 0. The molecule has 0 aliphatic rings. The van der Waals surface area contributed by atoms with Crippen LogP contribution in [0.1, 0.15) is 27.7 Å². The number of benzene rings is 1. The Morgan fingerprint density at radius 3 is 2.16 bits per heavy atom. The highest BCUT2D eigenvalue weighted by Crippen LogP contribution is 2.26. The summed E-state index contributed by atoms with van der Waals surface area (Å²) in [7, 11) is -3.84. The lowest BCUT2D eigenvalue weighted by atomic mass is 9.87. The molecule has 0 bridgehead atoms. The van der Waals surface area contributed by atoms with Gasteiger partial charge in [0, 0.05) is 0 Å². The third-order valence-electron chi connectivity index (χ3n) is 3.23. The molecular formula is C12H20N2O4S. The topological polar surface area (TPSA) is 113 Å². The van der Waals surface area contributed by atoms with Crippen LogP contribution >= 0.6 is 0 Å². The first-order valence-corrected chi connectivity index (χ1v) is 7.20. The van der Waals surface area contributed by atoms with Crippen LogP contribution < -0.4 is 10.5 Å². The van der Waals surface area contributed by atoms with Gasteiger partial charge in [0.25, 0.3) is 0 Å². The van der Waals surface area contributed by atoms with E-state index in [2.05, 4.69) is 4.72 Å². The number of anilines is 1. The first-order chi connectivity index (χ1) is 8.37. The Balaban J connectivity index is 3.16. The summed E-state index contributed by atoms with van der Waals surface area (Å²) in [5.41, 5.74) is 3.13. The summed E-state index contributed by atoms with van der Waals surface area (Å²) in [6, 6.07) is 3.62. The van der Waals surface area contributed by atoms with Crippen molar-refractivity contribution in [1.29, 1.82) is 0 Å². The number of aromatic hydroxyl groups is 1. The molecule has 0 fully saturated rings. The van der Waals surface area contributed by atoms with Gasteiger partial charge in [-0.25, -0.2) is 13.1 Å². The molecule has 5 N–H and O–H groups in total. The van der Waals surface area contributed by atoms with E-state index in [1.165, 1.54) is 26.0 Å². The first kappa shape index (κ1) is 15.7. The Labute approximate surface area is 113 Å². The summed E-state index contributed by atoms with van der Waals surface area (Å²) in [5, 5.41) is 19.3. The van der Waals surface area contributed by atoms with Crippen molar-refractivity contribution in [3.8, 4) is 5.75 Å². The quantitative estimate of drug-likeness (QED) is 0.483. The van der Waals surface area contributed by atoms with Crippen LogP contribution in [0.2, 0.25) is 0 Å². The second-order valence-electron chi connectivity index (χ2n) is 5.51. The predicted octanol–water partition coefficient (Wildman–Crippen LogP) is 0.802. The van der Waals surface area contributed by atoms with Gasteiger partial charge < -0.3 is 15.9 Å². The molecule has 0 radical (unpaired) electrons. The van der Waals surface area contributed by atoms with Crippen LogP contribution in [0.15, 0.2) is 23.1 Å². The van der Waals surface area contributed by atoms with Crippen molar-refractivity contribution in [2.75, 3.05) is 5.73 Å². The molecule has 0 saturated carbocycles. The average molecular weight is 288 g/mol. The van der Waals surface area contributed by atoms with Gasteiger partial charge in [-0.1, -0.05) is 0 Å². The van der Waals surface area contributed by atoms with E-state index < -0.39 is 21.2 Å². The molecule has 0 atom stereocenters. The summed E-state index contributed by atoms with van der Waals surface area (Å²) in [6.07, 6.45) is 0. The number of hydrogen-bond acceptors (Lipinski definition) is 5. The Hall–Kier alpha value is -1.31. The minimum Gasteiger partial charge on any atom is -0.506 e. The second-order valence-corrected chi connectivity index (χ2v) is 7.19. The number of nitrogens with one attached hydrogen (secondary N) is 1. The zero-order chi connectivity index (χ0) is 15.1. The van der Waals surface area contributed by atoms with E-state index in [9.17, 15) is 18.6 Å². The normalized spacial score (nSPS) is 13.5. The molecule has 0 amide bonds. The first-order valence-electron chi connectivity index (χ1n) is 5.72. The van der Waals surface area contributed by atoms with Crippen LogP contribution in [0.25, 0.3) is 0 Å². The highest BCUT2D eigenvalue weighted by Gasteiger charge is 2.38. The van der Waals surface area contributed by atoms with Crippen molar-refractivity contribution < 1.29 is 18.6 Å². The molecule has 1 aromatic rings. The highest BCUT2D eigenvalue weighted by atomic mass is 32.2. The van der Waals surface area contributed by atoms with Gasteiger partial charge in [0.05, 0.1) is 21.7 Å². The third kappa shape index (κ3) is 3.37. The molecule has 1 rings (SSSR count). The fraction of sp³-hybridized carbons (Fsp3) is 0.500. The van der Waals surface area contributed by atoms with Crippen molar-refractivity contribution in [3.05, 3.63) is 18.2 Å². The van der Waals surface area contributed by atoms with Gasteiger partial charge in [0.2, 0.25) is 10.0 Å². The lowest BCUT2D eigenvalue weighted by Crippen LogP contribution is -2.57. The number of hydrogen-bond donors (Lipinski definition) is 4. The molecule has 6 nitrogen and oxygen atoms in total. The fourth-order valence-corrected chi connectivity index (χ4v) is 2.79. The van der Waals surface area contributed by atoms with Crippen LogP contribution in [-0.2, 0) is 10.0 Å². The maximum atomic E-state index is 12.2. The van der Waals surface area contributed by atoms with Crippen molar-refractivity contribution in [3.63, 3.8) is 0 Å². The number of phenolic OH excluding ortho intramolecular Hbond substituents is 1. The second kappa shape index (κ2) is 4.66. The molecule has 19 heavy (non-hydrogen) atoms. The standard InChI is InChI=1S/C12H20N2O4S/c1-11(2,12(3,4)16)14-19(17,18)8-5-6-10(15)9(13)7-8/h5-7,14-16H,13H2,1-4H3. The highest BCUT2D eigenvalue weighted by molar-refractivity contribution is 7.89. The minimum absolute atomic E-state index is 0.0241. The predicted molar refractivity (Wildman–Crippen MR) is 73.2 cm³/mol. The number of nitrogen functional groups attached to an aromatic ring is 1. The van der Waals surface area contributed by atoms with Crippen molar-refractivity contribution in [1.82, 2.24) is 4.72 Å².